The summed E-state index contributed by atoms with van der Waals surface area (Å²) in [6.45, 7) is 4.32. The van der Waals surface area contributed by atoms with Crippen molar-refractivity contribution in [3.8, 4) is 11.5 Å². The van der Waals surface area contributed by atoms with Crippen LogP contribution in [0.5, 0.6) is 11.5 Å². The van der Waals surface area contributed by atoms with E-state index in [9.17, 15) is 5.11 Å². The van der Waals surface area contributed by atoms with Crippen molar-refractivity contribution in [2.24, 2.45) is 5.92 Å². The third kappa shape index (κ3) is 4.93. The van der Waals surface area contributed by atoms with Crippen molar-refractivity contribution in [1.29, 1.82) is 0 Å². The zero-order valence-electron chi connectivity index (χ0n) is 16.4. The van der Waals surface area contributed by atoms with Gasteiger partial charge in [-0.2, -0.15) is 0 Å². The molecule has 5 heteroatoms. The minimum absolute atomic E-state index is 0.201. The van der Waals surface area contributed by atoms with E-state index in [4.69, 9.17) is 15.2 Å². The van der Waals surface area contributed by atoms with Crippen LogP contribution in [-0.2, 0) is 13.0 Å². The van der Waals surface area contributed by atoms with E-state index in [0.717, 1.165) is 37.1 Å². The molecule has 1 fully saturated rings. The highest BCUT2D eigenvalue weighted by atomic mass is 16.5. The molecule has 0 bridgehead atoms. The van der Waals surface area contributed by atoms with E-state index in [1.54, 1.807) is 7.11 Å². The number of aliphatic hydroxyl groups is 1. The number of likely N-dealkylation sites (tertiary alicyclic amines) is 1. The predicted molar refractivity (Wildman–Crippen MR) is 108 cm³/mol. The van der Waals surface area contributed by atoms with E-state index in [0.29, 0.717) is 23.8 Å². The number of anilines is 1. The number of aliphatic hydroxyl groups excluding tert-OH is 1. The van der Waals surface area contributed by atoms with Gasteiger partial charge in [0.2, 0.25) is 0 Å². The highest BCUT2D eigenvalue weighted by Gasteiger charge is 2.26. The Labute approximate surface area is 161 Å². The van der Waals surface area contributed by atoms with E-state index in [2.05, 4.69) is 31.0 Å². The molecule has 3 rings (SSSR count). The molecular weight excluding hydrogens is 340 g/mol. The molecule has 1 heterocycles. The normalized spacial score (nSPS) is 20.4. The molecule has 1 aliphatic rings. The summed E-state index contributed by atoms with van der Waals surface area (Å²) >= 11 is 0. The van der Waals surface area contributed by atoms with Gasteiger partial charge < -0.3 is 25.2 Å². The maximum absolute atomic E-state index is 10.3. The third-order valence-corrected chi connectivity index (χ3v) is 5.22. The van der Waals surface area contributed by atoms with Crippen molar-refractivity contribution >= 4 is 5.69 Å². The first-order valence-electron chi connectivity index (χ1n) is 9.47. The van der Waals surface area contributed by atoms with Crippen LogP contribution in [0.4, 0.5) is 5.69 Å². The Hall–Kier alpha value is -2.24. The number of aryl methyl sites for hydroxylation is 1. The number of nitrogens with zero attached hydrogens (tertiary/aromatic N) is 1. The monoisotopic (exact) mass is 370 g/mol. The van der Waals surface area contributed by atoms with Crippen LogP contribution in [0, 0.1) is 12.8 Å². The average molecular weight is 370 g/mol. The summed E-state index contributed by atoms with van der Waals surface area (Å²) in [4.78, 5) is 2.26. The summed E-state index contributed by atoms with van der Waals surface area (Å²) in [5, 5.41) is 10.3. The van der Waals surface area contributed by atoms with Gasteiger partial charge in [0.1, 0.15) is 6.61 Å². The Morgan fingerprint density at radius 1 is 1.22 bits per heavy atom. The number of rotatable bonds is 6. The van der Waals surface area contributed by atoms with Gasteiger partial charge >= 0.3 is 0 Å². The van der Waals surface area contributed by atoms with Crippen LogP contribution < -0.4 is 15.2 Å². The van der Waals surface area contributed by atoms with Crippen LogP contribution in [0.15, 0.2) is 36.4 Å². The van der Waals surface area contributed by atoms with Crippen LogP contribution in [-0.4, -0.2) is 43.4 Å². The van der Waals surface area contributed by atoms with E-state index in [1.807, 2.05) is 24.3 Å². The van der Waals surface area contributed by atoms with Gasteiger partial charge in [-0.3, -0.25) is 0 Å². The fraction of sp³-hybridized carbons (Fsp3) is 0.455. The fourth-order valence-corrected chi connectivity index (χ4v) is 3.77. The van der Waals surface area contributed by atoms with Crippen LogP contribution >= 0.6 is 0 Å². The average Bonchev–Trinajstić information content (AvgIpc) is 2.63. The number of piperidine rings is 1. The molecule has 2 aromatic rings. The van der Waals surface area contributed by atoms with Crippen molar-refractivity contribution in [3.63, 3.8) is 0 Å². The Bertz CT molecular complexity index is 778. The molecule has 27 heavy (non-hydrogen) atoms. The van der Waals surface area contributed by atoms with E-state index in [-0.39, 0.29) is 12.0 Å². The summed E-state index contributed by atoms with van der Waals surface area (Å²) < 4.78 is 11.5. The van der Waals surface area contributed by atoms with Gasteiger partial charge in [-0.1, -0.05) is 29.8 Å². The molecule has 2 aromatic carbocycles. The van der Waals surface area contributed by atoms with E-state index < -0.39 is 0 Å². The Balaban J connectivity index is 1.74. The highest BCUT2D eigenvalue weighted by Crippen LogP contribution is 2.36. The highest BCUT2D eigenvalue weighted by molar-refractivity contribution is 5.62. The van der Waals surface area contributed by atoms with Crippen molar-refractivity contribution in [2.75, 3.05) is 33.0 Å². The fourth-order valence-electron chi connectivity index (χ4n) is 3.77. The largest absolute Gasteiger partial charge is 0.493 e. The van der Waals surface area contributed by atoms with Crippen molar-refractivity contribution in [1.82, 2.24) is 4.90 Å². The van der Waals surface area contributed by atoms with Crippen molar-refractivity contribution in [2.45, 2.75) is 32.5 Å². The zero-order valence-corrected chi connectivity index (χ0v) is 16.4. The molecule has 0 amide bonds. The second kappa shape index (κ2) is 8.63. The van der Waals surface area contributed by atoms with Crippen molar-refractivity contribution in [3.05, 3.63) is 53.1 Å². The Morgan fingerprint density at radius 2 is 2.04 bits per heavy atom. The number of hydrogen-bond acceptors (Lipinski definition) is 5. The molecular formula is C22H30N2O3. The van der Waals surface area contributed by atoms with Gasteiger partial charge in [-0.25, -0.2) is 0 Å². The molecule has 0 aliphatic carbocycles. The first kappa shape index (κ1) is 19.5. The second-order valence-electron chi connectivity index (χ2n) is 7.58. The van der Waals surface area contributed by atoms with Crippen LogP contribution in [0.3, 0.4) is 0 Å². The number of ether oxygens (including phenoxy) is 2. The molecule has 146 valence electrons. The SMILES string of the molecule is COc1cc(CC2CN(C)CCC2O)cc(N)c1OCc1cccc(C)c1. The van der Waals surface area contributed by atoms with E-state index in [1.165, 1.54) is 5.56 Å². The minimum Gasteiger partial charge on any atom is -0.493 e. The Morgan fingerprint density at radius 3 is 2.78 bits per heavy atom. The maximum Gasteiger partial charge on any atom is 0.184 e. The van der Waals surface area contributed by atoms with Crippen molar-refractivity contribution < 1.29 is 14.6 Å². The summed E-state index contributed by atoms with van der Waals surface area (Å²) in [6, 6.07) is 12.1. The summed E-state index contributed by atoms with van der Waals surface area (Å²) in [6.07, 6.45) is 1.31. The molecule has 1 aliphatic heterocycles. The number of nitrogens with two attached hydrogens (primary N) is 1. The molecule has 3 N–H and O–H groups in total. The first-order valence-corrected chi connectivity index (χ1v) is 9.47. The lowest BCUT2D eigenvalue weighted by Gasteiger charge is -2.34. The molecule has 1 saturated heterocycles. The molecule has 2 unspecified atom stereocenters. The number of methoxy groups -OCH3 is 1. The molecule has 2 atom stereocenters. The van der Waals surface area contributed by atoms with Gasteiger partial charge in [-0.15, -0.1) is 0 Å². The van der Waals surface area contributed by atoms with Crippen LogP contribution in [0.2, 0.25) is 0 Å². The third-order valence-electron chi connectivity index (χ3n) is 5.22. The lowest BCUT2D eigenvalue weighted by atomic mass is 9.88. The Kier molecular flexibility index (Phi) is 6.24. The standard InChI is InChI=1S/C22H30N2O3/c1-15-5-4-6-16(9-15)14-27-22-19(23)11-17(12-21(22)26-3)10-18-13-24(2)8-7-20(18)25/h4-6,9,11-12,18,20,25H,7-8,10,13-14,23H2,1-3H3. The van der Waals surface area contributed by atoms with Gasteiger partial charge in [0.25, 0.3) is 0 Å². The van der Waals surface area contributed by atoms with Gasteiger partial charge in [0, 0.05) is 19.0 Å². The summed E-state index contributed by atoms with van der Waals surface area (Å²) in [5.74, 6) is 1.41. The van der Waals surface area contributed by atoms with Gasteiger partial charge in [-0.05, 0) is 50.1 Å². The predicted octanol–water partition coefficient (Wildman–Crippen LogP) is 3.02. The van der Waals surface area contributed by atoms with Gasteiger partial charge in [0.15, 0.2) is 11.5 Å². The molecule has 0 saturated carbocycles. The van der Waals surface area contributed by atoms with Gasteiger partial charge in [0.05, 0.1) is 18.9 Å². The number of hydrogen-bond donors (Lipinski definition) is 2. The number of nitrogen functional groups attached to an aromatic ring is 1. The zero-order chi connectivity index (χ0) is 19.4. The second-order valence-corrected chi connectivity index (χ2v) is 7.58. The summed E-state index contributed by atoms with van der Waals surface area (Å²) in [7, 11) is 3.72. The molecule has 5 nitrogen and oxygen atoms in total. The summed E-state index contributed by atoms with van der Waals surface area (Å²) in [5.41, 5.74) is 10.2. The lowest BCUT2D eigenvalue weighted by molar-refractivity contribution is 0.0366. The quantitative estimate of drug-likeness (QED) is 0.765. The molecule has 0 aromatic heterocycles. The number of benzene rings is 2. The maximum atomic E-state index is 10.3. The minimum atomic E-state index is -0.273. The van der Waals surface area contributed by atoms with Crippen LogP contribution in [0.1, 0.15) is 23.1 Å². The smallest absolute Gasteiger partial charge is 0.184 e. The van der Waals surface area contributed by atoms with Crippen LogP contribution in [0.25, 0.3) is 0 Å². The molecule has 0 spiro atoms. The lowest BCUT2D eigenvalue weighted by Crippen LogP contribution is -2.41. The first-order chi connectivity index (χ1) is 13.0. The molecule has 0 radical (unpaired) electrons. The van der Waals surface area contributed by atoms with E-state index >= 15 is 0 Å². The topological polar surface area (TPSA) is 68.0 Å².